The van der Waals surface area contributed by atoms with Crippen LogP contribution in [0.15, 0.2) is 36.4 Å². The van der Waals surface area contributed by atoms with Crippen LogP contribution in [0.2, 0.25) is 5.02 Å². The summed E-state index contributed by atoms with van der Waals surface area (Å²) in [5.41, 5.74) is 5.27. The van der Waals surface area contributed by atoms with E-state index in [1.807, 2.05) is 7.05 Å². The minimum absolute atomic E-state index is 0.284. The van der Waals surface area contributed by atoms with Crippen molar-refractivity contribution in [2.24, 2.45) is 0 Å². The molecule has 106 valence electrons. The van der Waals surface area contributed by atoms with Crippen LogP contribution in [0.5, 0.6) is 0 Å². The number of halogens is 2. The van der Waals surface area contributed by atoms with Crippen LogP contribution in [0.1, 0.15) is 28.3 Å². The Morgan fingerprint density at radius 1 is 1.10 bits per heavy atom. The third kappa shape index (κ3) is 3.74. The van der Waals surface area contributed by atoms with Gasteiger partial charge in [-0.2, -0.15) is 0 Å². The van der Waals surface area contributed by atoms with E-state index in [2.05, 4.69) is 78.2 Å². The zero-order chi connectivity index (χ0) is 14.7. The van der Waals surface area contributed by atoms with Crippen molar-refractivity contribution in [3.05, 3.63) is 67.2 Å². The summed E-state index contributed by atoms with van der Waals surface area (Å²) in [7, 11) is 2.00. The van der Waals surface area contributed by atoms with Gasteiger partial charge in [0.1, 0.15) is 0 Å². The molecule has 0 saturated heterocycles. The van der Waals surface area contributed by atoms with Gasteiger partial charge in [0.15, 0.2) is 0 Å². The second-order valence-electron chi connectivity index (χ2n) is 5.14. The van der Waals surface area contributed by atoms with E-state index >= 15 is 0 Å². The summed E-state index contributed by atoms with van der Waals surface area (Å²) in [5, 5.41) is 4.21. The highest BCUT2D eigenvalue weighted by molar-refractivity contribution is 14.1. The molecule has 0 bridgehead atoms. The molecule has 2 aromatic rings. The van der Waals surface area contributed by atoms with E-state index in [9.17, 15) is 0 Å². The molecule has 0 heterocycles. The van der Waals surface area contributed by atoms with Gasteiger partial charge in [0.2, 0.25) is 0 Å². The quantitative estimate of drug-likeness (QED) is 0.708. The van der Waals surface area contributed by atoms with E-state index in [1.54, 1.807) is 0 Å². The number of rotatable bonds is 4. The summed E-state index contributed by atoms with van der Waals surface area (Å²) in [6, 6.07) is 13.2. The zero-order valence-corrected chi connectivity index (χ0v) is 14.9. The second-order valence-corrected chi connectivity index (χ2v) is 6.71. The van der Waals surface area contributed by atoms with Gasteiger partial charge >= 0.3 is 0 Å². The van der Waals surface area contributed by atoms with E-state index in [0.29, 0.717) is 0 Å². The fraction of sp³-hybridized carbons (Fsp3) is 0.294. The van der Waals surface area contributed by atoms with Gasteiger partial charge in [-0.15, -0.1) is 0 Å². The van der Waals surface area contributed by atoms with Crippen LogP contribution in [0.3, 0.4) is 0 Å². The molecule has 0 aromatic heterocycles. The maximum absolute atomic E-state index is 6.23. The fourth-order valence-corrected chi connectivity index (χ4v) is 2.81. The third-order valence-corrected chi connectivity index (χ3v) is 5.28. The monoisotopic (exact) mass is 399 g/mol. The van der Waals surface area contributed by atoms with Crippen LogP contribution < -0.4 is 5.32 Å². The van der Waals surface area contributed by atoms with Crippen molar-refractivity contribution in [2.75, 3.05) is 7.05 Å². The molecule has 0 amide bonds. The summed E-state index contributed by atoms with van der Waals surface area (Å²) in [6.45, 7) is 4.31. The number of likely N-dealkylation sites (N-methyl/N-ethyl adjacent to an activating group) is 1. The van der Waals surface area contributed by atoms with Crippen molar-refractivity contribution < 1.29 is 0 Å². The minimum atomic E-state index is 0.284. The molecule has 20 heavy (non-hydrogen) atoms. The molecule has 0 aliphatic rings. The van der Waals surface area contributed by atoms with E-state index in [1.165, 1.54) is 22.3 Å². The SMILES string of the molecule is CNC(Cc1ccc(C)c(C)c1)c1ccc(I)c(Cl)c1. The molecule has 1 atom stereocenters. The Morgan fingerprint density at radius 3 is 2.45 bits per heavy atom. The molecular formula is C17H19ClIN. The van der Waals surface area contributed by atoms with E-state index in [4.69, 9.17) is 11.6 Å². The van der Waals surface area contributed by atoms with E-state index < -0.39 is 0 Å². The Balaban J connectivity index is 2.23. The van der Waals surface area contributed by atoms with Crippen LogP contribution in [0.25, 0.3) is 0 Å². The maximum atomic E-state index is 6.23. The van der Waals surface area contributed by atoms with E-state index in [0.717, 1.165) is 15.0 Å². The molecule has 0 saturated carbocycles. The lowest BCUT2D eigenvalue weighted by Crippen LogP contribution is -2.19. The first kappa shape index (κ1) is 15.8. The first-order chi connectivity index (χ1) is 9.51. The third-order valence-electron chi connectivity index (χ3n) is 3.71. The minimum Gasteiger partial charge on any atom is -0.313 e. The van der Waals surface area contributed by atoms with Crippen molar-refractivity contribution >= 4 is 34.2 Å². The van der Waals surface area contributed by atoms with Crippen LogP contribution in [0, 0.1) is 17.4 Å². The van der Waals surface area contributed by atoms with Gasteiger partial charge in [0, 0.05) is 9.61 Å². The first-order valence-electron chi connectivity index (χ1n) is 6.69. The Bertz CT molecular complexity index is 610. The summed E-state index contributed by atoms with van der Waals surface area (Å²) >= 11 is 8.48. The van der Waals surface area contributed by atoms with Crippen molar-refractivity contribution in [2.45, 2.75) is 26.3 Å². The highest BCUT2D eigenvalue weighted by Gasteiger charge is 2.12. The van der Waals surface area contributed by atoms with Crippen molar-refractivity contribution in [3.8, 4) is 0 Å². The molecule has 1 nitrogen and oxygen atoms in total. The molecule has 0 spiro atoms. The maximum Gasteiger partial charge on any atom is 0.0542 e. The summed E-state index contributed by atoms with van der Waals surface area (Å²) < 4.78 is 1.09. The van der Waals surface area contributed by atoms with Gasteiger partial charge in [-0.25, -0.2) is 0 Å². The molecular weight excluding hydrogens is 381 g/mol. The lowest BCUT2D eigenvalue weighted by Gasteiger charge is -2.18. The van der Waals surface area contributed by atoms with Gasteiger partial charge in [0.25, 0.3) is 0 Å². The number of benzene rings is 2. The topological polar surface area (TPSA) is 12.0 Å². The molecule has 2 aromatic carbocycles. The molecule has 2 rings (SSSR count). The largest absolute Gasteiger partial charge is 0.313 e. The zero-order valence-electron chi connectivity index (χ0n) is 12.0. The number of hydrogen-bond acceptors (Lipinski definition) is 1. The first-order valence-corrected chi connectivity index (χ1v) is 8.15. The van der Waals surface area contributed by atoms with Crippen LogP contribution >= 0.6 is 34.2 Å². The van der Waals surface area contributed by atoms with Gasteiger partial charge in [-0.3, -0.25) is 0 Å². The highest BCUT2D eigenvalue weighted by Crippen LogP contribution is 2.25. The Kier molecular flexibility index (Phi) is 5.47. The molecule has 0 radical (unpaired) electrons. The number of aryl methyl sites for hydroxylation is 2. The van der Waals surface area contributed by atoms with Crippen molar-refractivity contribution in [1.82, 2.24) is 5.32 Å². The fourth-order valence-electron chi connectivity index (χ4n) is 2.28. The molecule has 0 fully saturated rings. The lowest BCUT2D eigenvalue weighted by atomic mass is 9.97. The Hall–Kier alpha value is -0.580. The van der Waals surface area contributed by atoms with Crippen molar-refractivity contribution in [3.63, 3.8) is 0 Å². The van der Waals surface area contributed by atoms with Gasteiger partial charge in [-0.05, 0) is 84.3 Å². The second kappa shape index (κ2) is 6.92. The molecule has 1 unspecified atom stereocenters. The van der Waals surface area contributed by atoms with Crippen LogP contribution in [0.4, 0.5) is 0 Å². The molecule has 3 heteroatoms. The van der Waals surface area contributed by atoms with Gasteiger partial charge in [-0.1, -0.05) is 35.9 Å². The summed E-state index contributed by atoms with van der Waals surface area (Å²) in [6.07, 6.45) is 0.967. The standard InChI is InChI=1S/C17H19ClIN/c1-11-4-5-13(8-12(11)2)9-17(20-3)14-6-7-16(19)15(18)10-14/h4-8,10,17,20H,9H2,1-3H3. The Morgan fingerprint density at radius 2 is 1.85 bits per heavy atom. The van der Waals surface area contributed by atoms with Crippen LogP contribution in [-0.4, -0.2) is 7.05 Å². The summed E-state index contributed by atoms with van der Waals surface area (Å²) in [5.74, 6) is 0. The predicted molar refractivity (Wildman–Crippen MR) is 95.6 cm³/mol. The normalized spacial score (nSPS) is 12.4. The average Bonchev–Trinajstić information content (AvgIpc) is 2.43. The summed E-state index contributed by atoms with van der Waals surface area (Å²) in [4.78, 5) is 0. The predicted octanol–water partition coefficient (Wildman–Crippen LogP) is 5.06. The van der Waals surface area contributed by atoms with Crippen LogP contribution in [-0.2, 0) is 6.42 Å². The smallest absolute Gasteiger partial charge is 0.0542 e. The van der Waals surface area contributed by atoms with E-state index in [-0.39, 0.29) is 6.04 Å². The molecule has 0 aliphatic heterocycles. The lowest BCUT2D eigenvalue weighted by molar-refractivity contribution is 0.592. The molecule has 1 N–H and O–H groups in total. The van der Waals surface area contributed by atoms with Crippen molar-refractivity contribution in [1.29, 1.82) is 0 Å². The highest BCUT2D eigenvalue weighted by atomic mass is 127. The molecule has 0 aliphatic carbocycles. The Labute approximate surface area is 139 Å². The van der Waals surface area contributed by atoms with Gasteiger partial charge < -0.3 is 5.32 Å². The average molecular weight is 400 g/mol. The number of hydrogen-bond donors (Lipinski definition) is 1. The van der Waals surface area contributed by atoms with Gasteiger partial charge in [0.05, 0.1) is 5.02 Å². The number of nitrogens with one attached hydrogen (secondary N) is 1.